The van der Waals surface area contributed by atoms with Gasteiger partial charge in [0, 0.05) is 37.5 Å². The average Bonchev–Trinajstić information content (AvgIpc) is 3.05. The normalized spacial score (nSPS) is 47.7. The molecule has 0 radical (unpaired) electrons. The maximum atomic E-state index is 6.17. The fourth-order valence-electron chi connectivity index (χ4n) is 4.56. The SMILES string of the molecule is C1CNC2CN(C3CCOC4(CCSC4)C3)CC2C1. The van der Waals surface area contributed by atoms with Gasteiger partial charge in [-0.25, -0.2) is 0 Å². The van der Waals surface area contributed by atoms with Crippen molar-refractivity contribution in [2.45, 2.75) is 49.8 Å². The van der Waals surface area contributed by atoms with Crippen molar-refractivity contribution in [1.82, 2.24) is 10.2 Å². The molecule has 0 aromatic heterocycles. The first kappa shape index (κ1) is 12.9. The van der Waals surface area contributed by atoms with Crippen molar-refractivity contribution in [3.05, 3.63) is 0 Å². The zero-order chi connectivity index (χ0) is 12.7. The highest BCUT2D eigenvalue weighted by Crippen LogP contribution is 2.40. The van der Waals surface area contributed by atoms with Crippen molar-refractivity contribution >= 4 is 11.8 Å². The van der Waals surface area contributed by atoms with Crippen LogP contribution in [-0.2, 0) is 4.74 Å². The second-order valence-corrected chi connectivity index (χ2v) is 8.00. The summed E-state index contributed by atoms with van der Waals surface area (Å²) >= 11 is 2.09. The summed E-state index contributed by atoms with van der Waals surface area (Å²) in [5.41, 5.74) is 0.245. The van der Waals surface area contributed by atoms with Crippen LogP contribution in [0.2, 0.25) is 0 Å². The zero-order valence-corrected chi connectivity index (χ0v) is 12.6. The summed E-state index contributed by atoms with van der Waals surface area (Å²) in [5.74, 6) is 3.47. The summed E-state index contributed by atoms with van der Waals surface area (Å²) in [6.07, 6.45) is 6.65. The van der Waals surface area contributed by atoms with E-state index in [2.05, 4.69) is 22.0 Å². The Hall–Kier alpha value is 0.230. The van der Waals surface area contributed by atoms with Crippen LogP contribution in [0.15, 0.2) is 0 Å². The number of rotatable bonds is 1. The predicted octanol–water partition coefficient (Wildman–Crippen LogP) is 1.72. The number of nitrogens with zero attached hydrogens (tertiary/aromatic N) is 1. The van der Waals surface area contributed by atoms with Gasteiger partial charge in [-0.15, -0.1) is 0 Å². The Bertz CT molecular complexity index is 318. The van der Waals surface area contributed by atoms with E-state index < -0.39 is 0 Å². The quantitative estimate of drug-likeness (QED) is 0.791. The standard InChI is InChI=1S/C15H26N2OS/c1-2-12-9-17(10-14(12)16-5-1)13-3-6-18-15(8-13)4-7-19-11-15/h12-14,16H,1-11H2. The largest absolute Gasteiger partial charge is 0.374 e. The third-order valence-corrected chi connectivity index (χ3v) is 6.90. The molecular weight excluding hydrogens is 256 g/mol. The first-order valence-electron chi connectivity index (χ1n) is 8.04. The Kier molecular flexibility index (Phi) is 3.55. The summed E-state index contributed by atoms with van der Waals surface area (Å²) in [6, 6.07) is 1.57. The highest BCUT2D eigenvalue weighted by molar-refractivity contribution is 7.99. The van der Waals surface area contributed by atoms with Crippen LogP contribution in [0.3, 0.4) is 0 Å². The lowest BCUT2D eigenvalue weighted by molar-refractivity contribution is -0.0872. The fraction of sp³-hybridized carbons (Fsp3) is 1.00. The van der Waals surface area contributed by atoms with Crippen LogP contribution in [0.1, 0.15) is 32.1 Å². The number of hydrogen-bond acceptors (Lipinski definition) is 4. The Labute approximate surface area is 120 Å². The van der Waals surface area contributed by atoms with Crippen LogP contribution in [0.4, 0.5) is 0 Å². The molecule has 4 unspecified atom stereocenters. The summed E-state index contributed by atoms with van der Waals surface area (Å²) in [5, 5.41) is 3.73. The van der Waals surface area contributed by atoms with E-state index in [1.54, 1.807) is 0 Å². The van der Waals surface area contributed by atoms with E-state index in [9.17, 15) is 0 Å². The van der Waals surface area contributed by atoms with Crippen LogP contribution in [-0.4, -0.2) is 60.3 Å². The van der Waals surface area contributed by atoms with Gasteiger partial charge in [0.05, 0.1) is 5.60 Å². The zero-order valence-electron chi connectivity index (χ0n) is 11.8. The third kappa shape index (κ3) is 2.45. The molecule has 19 heavy (non-hydrogen) atoms. The molecule has 4 aliphatic rings. The number of thioether (sulfide) groups is 1. The van der Waals surface area contributed by atoms with Gasteiger partial charge in [0.2, 0.25) is 0 Å². The minimum Gasteiger partial charge on any atom is -0.374 e. The molecule has 0 aliphatic carbocycles. The predicted molar refractivity (Wildman–Crippen MR) is 79.7 cm³/mol. The number of likely N-dealkylation sites (tertiary alicyclic amines) is 1. The van der Waals surface area contributed by atoms with Crippen LogP contribution >= 0.6 is 11.8 Å². The van der Waals surface area contributed by atoms with Gasteiger partial charge in [0.1, 0.15) is 0 Å². The first-order valence-corrected chi connectivity index (χ1v) is 9.19. The fourth-order valence-corrected chi connectivity index (χ4v) is 5.93. The number of piperidine rings is 1. The van der Waals surface area contributed by atoms with Crippen molar-refractivity contribution in [2.75, 3.05) is 37.7 Å². The molecular formula is C15H26N2OS. The molecule has 4 saturated heterocycles. The highest BCUT2D eigenvalue weighted by Gasteiger charge is 2.44. The summed E-state index contributed by atoms with van der Waals surface area (Å²) in [4.78, 5) is 2.79. The molecule has 4 heteroatoms. The first-order chi connectivity index (χ1) is 9.35. The molecule has 3 nitrogen and oxygen atoms in total. The molecule has 0 bridgehead atoms. The molecule has 108 valence electrons. The topological polar surface area (TPSA) is 24.5 Å². The summed E-state index contributed by atoms with van der Waals surface area (Å²) in [6.45, 7) is 4.86. The lowest BCUT2D eigenvalue weighted by Crippen LogP contribution is -2.49. The molecule has 1 N–H and O–H groups in total. The molecule has 4 fully saturated rings. The van der Waals surface area contributed by atoms with Crippen molar-refractivity contribution < 1.29 is 4.74 Å². The average molecular weight is 282 g/mol. The molecule has 4 heterocycles. The van der Waals surface area contributed by atoms with Gasteiger partial charge in [0.25, 0.3) is 0 Å². The molecule has 4 atom stereocenters. The van der Waals surface area contributed by atoms with Crippen molar-refractivity contribution in [1.29, 1.82) is 0 Å². The van der Waals surface area contributed by atoms with Gasteiger partial charge in [-0.1, -0.05) is 0 Å². The molecule has 0 aromatic carbocycles. The molecule has 4 aliphatic heterocycles. The number of fused-ring (bicyclic) bond motifs is 1. The molecule has 0 aromatic rings. The molecule has 0 saturated carbocycles. The van der Waals surface area contributed by atoms with Gasteiger partial charge in [-0.2, -0.15) is 11.8 Å². The van der Waals surface area contributed by atoms with E-state index in [0.717, 1.165) is 24.6 Å². The molecule has 1 spiro atoms. The van der Waals surface area contributed by atoms with Crippen LogP contribution in [0.25, 0.3) is 0 Å². The van der Waals surface area contributed by atoms with Crippen molar-refractivity contribution in [2.24, 2.45) is 5.92 Å². The van der Waals surface area contributed by atoms with E-state index >= 15 is 0 Å². The van der Waals surface area contributed by atoms with E-state index in [-0.39, 0.29) is 5.60 Å². The Morgan fingerprint density at radius 3 is 3.11 bits per heavy atom. The number of hydrogen-bond donors (Lipinski definition) is 1. The van der Waals surface area contributed by atoms with E-state index in [0.29, 0.717) is 0 Å². The second-order valence-electron chi connectivity index (χ2n) is 6.90. The van der Waals surface area contributed by atoms with E-state index in [1.807, 2.05) is 0 Å². The monoisotopic (exact) mass is 282 g/mol. The van der Waals surface area contributed by atoms with Gasteiger partial charge in [0.15, 0.2) is 0 Å². The minimum absolute atomic E-state index is 0.245. The third-order valence-electron chi connectivity index (χ3n) is 5.68. The number of nitrogens with one attached hydrogen (secondary N) is 1. The van der Waals surface area contributed by atoms with Gasteiger partial charge < -0.3 is 10.1 Å². The lowest BCUT2D eigenvalue weighted by atomic mass is 9.89. The summed E-state index contributed by atoms with van der Waals surface area (Å²) < 4.78 is 6.17. The van der Waals surface area contributed by atoms with Gasteiger partial charge in [-0.05, 0) is 50.3 Å². The number of ether oxygens (including phenoxy) is 1. The molecule has 4 rings (SSSR count). The Balaban J connectivity index is 1.42. The van der Waals surface area contributed by atoms with E-state index in [4.69, 9.17) is 4.74 Å². The van der Waals surface area contributed by atoms with Crippen molar-refractivity contribution in [3.8, 4) is 0 Å². The van der Waals surface area contributed by atoms with Crippen molar-refractivity contribution in [3.63, 3.8) is 0 Å². The maximum absolute atomic E-state index is 6.17. The Morgan fingerprint density at radius 2 is 2.26 bits per heavy atom. The van der Waals surface area contributed by atoms with Gasteiger partial charge in [-0.3, -0.25) is 4.90 Å². The lowest BCUT2D eigenvalue weighted by Gasteiger charge is -2.41. The minimum atomic E-state index is 0.245. The highest BCUT2D eigenvalue weighted by atomic mass is 32.2. The molecule has 0 amide bonds. The van der Waals surface area contributed by atoms with Crippen LogP contribution < -0.4 is 5.32 Å². The smallest absolute Gasteiger partial charge is 0.0795 e. The Morgan fingerprint density at radius 1 is 1.26 bits per heavy atom. The van der Waals surface area contributed by atoms with Gasteiger partial charge >= 0.3 is 0 Å². The second kappa shape index (κ2) is 5.21. The maximum Gasteiger partial charge on any atom is 0.0795 e. The summed E-state index contributed by atoms with van der Waals surface area (Å²) in [7, 11) is 0. The van der Waals surface area contributed by atoms with E-state index in [1.165, 1.54) is 63.2 Å². The van der Waals surface area contributed by atoms with Crippen LogP contribution in [0.5, 0.6) is 0 Å². The van der Waals surface area contributed by atoms with Crippen LogP contribution in [0, 0.1) is 5.92 Å².